The van der Waals surface area contributed by atoms with E-state index in [1.54, 1.807) is 13.2 Å². The van der Waals surface area contributed by atoms with Crippen molar-refractivity contribution in [3.63, 3.8) is 0 Å². The predicted molar refractivity (Wildman–Crippen MR) is 191 cm³/mol. The fourth-order valence-corrected chi connectivity index (χ4v) is 6.50. The van der Waals surface area contributed by atoms with Crippen LogP contribution in [0.1, 0.15) is 54.4 Å². The number of halogens is 1. The summed E-state index contributed by atoms with van der Waals surface area (Å²) in [6.45, 7) is 6.40. The van der Waals surface area contributed by atoms with Gasteiger partial charge in [0.2, 0.25) is 5.91 Å². The van der Waals surface area contributed by atoms with Gasteiger partial charge in [-0.15, -0.1) is 0 Å². The van der Waals surface area contributed by atoms with E-state index in [4.69, 9.17) is 30.5 Å². The molecule has 3 aromatic carbocycles. The normalized spacial score (nSPS) is 17.5. The van der Waals surface area contributed by atoms with Gasteiger partial charge in [-0.1, -0.05) is 41.9 Å². The summed E-state index contributed by atoms with van der Waals surface area (Å²) < 4.78 is 23.0. The van der Waals surface area contributed by atoms with Crippen molar-refractivity contribution in [3.8, 4) is 11.5 Å². The molecule has 6 rings (SSSR count). The van der Waals surface area contributed by atoms with E-state index in [2.05, 4.69) is 10.6 Å². The van der Waals surface area contributed by atoms with Crippen molar-refractivity contribution in [2.75, 3.05) is 45.6 Å². The van der Waals surface area contributed by atoms with Crippen LogP contribution in [-0.4, -0.2) is 69.1 Å². The average molecular weight is 688 g/mol. The lowest BCUT2D eigenvalue weighted by atomic mass is 9.88. The van der Waals surface area contributed by atoms with Gasteiger partial charge in [-0.2, -0.15) is 0 Å². The minimum atomic E-state index is -0.315. The molecule has 10 heteroatoms. The molecular weight excluding hydrogens is 642 g/mol. The third kappa shape index (κ3) is 9.02. The minimum absolute atomic E-state index is 0.0347. The summed E-state index contributed by atoms with van der Waals surface area (Å²) in [5.74, 6) is 1.72. The summed E-state index contributed by atoms with van der Waals surface area (Å²) in [4.78, 5) is 29.1. The Hall–Kier alpha value is -3.89. The highest BCUT2D eigenvalue weighted by Crippen LogP contribution is 2.37. The van der Waals surface area contributed by atoms with E-state index in [1.807, 2.05) is 73.3 Å². The van der Waals surface area contributed by atoms with Gasteiger partial charge in [0.1, 0.15) is 31.5 Å². The van der Waals surface area contributed by atoms with Gasteiger partial charge < -0.3 is 34.5 Å². The molecule has 2 N–H and O–H groups in total. The van der Waals surface area contributed by atoms with Crippen LogP contribution in [0, 0.1) is 19.8 Å². The van der Waals surface area contributed by atoms with Crippen molar-refractivity contribution in [2.24, 2.45) is 5.92 Å². The standard InChI is InChI=1S/C39H46ClN3O6/c1-25-5-4-6-26(2)37(25)49-20-19-48-32-14-9-27(10-15-32)33-17-18-41-35(23-47-24-46-3)36(33)39(45)43(31-12-13-31)22-29-21-30(11-16-34(29)40)42-38(44)28-7-8-28/h4-6,9-11,14-16,21,28,31,35,41H,7-8,12-13,17-20,22-24H2,1-3H3,(H,42,44)/t35-/m1/s1. The van der Waals surface area contributed by atoms with Crippen LogP contribution in [0.15, 0.2) is 66.2 Å². The molecule has 2 amide bonds. The van der Waals surface area contributed by atoms with Gasteiger partial charge in [0.15, 0.2) is 0 Å². The Morgan fingerprint density at radius 2 is 1.69 bits per heavy atom. The summed E-state index contributed by atoms with van der Waals surface area (Å²) >= 11 is 6.68. The van der Waals surface area contributed by atoms with Crippen LogP contribution in [-0.2, 0) is 25.6 Å². The number of nitrogens with one attached hydrogen (secondary N) is 2. The van der Waals surface area contributed by atoms with Gasteiger partial charge in [0.25, 0.3) is 5.91 Å². The number of carbonyl (C=O) groups is 2. The fraction of sp³-hybridized carbons (Fsp3) is 0.436. The van der Waals surface area contributed by atoms with E-state index in [0.717, 1.165) is 65.0 Å². The topological polar surface area (TPSA) is 98.4 Å². The van der Waals surface area contributed by atoms with Crippen molar-refractivity contribution >= 4 is 34.7 Å². The number of benzene rings is 3. The Kier molecular flexibility index (Phi) is 11.6. The third-order valence-electron chi connectivity index (χ3n) is 9.22. The highest BCUT2D eigenvalue weighted by molar-refractivity contribution is 6.31. The molecule has 2 fully saturated rings. The molecule has 9 nitrogen and oxygen atoms in total. The summed E-state index contributed by atoms with van der Waals surface area (Å²) in [5.41, 5.74) is 6.36. The van der Waals surface area contributed by atoms with E-state index >= 15 is 0 Å². The molecule has 0 aromatic heterocycles. The molecule has 3 aromatic rings. The predicted octanol–water partition coefficient (Wildman–Crippen LogP) is 6.69. The van der Waals surface area contributed by atoms with Crippen LogP contribution in [0.2, 0.25) is 5.02 Å². The number of rotatable bonds is 16. The molecule has 3 aliphatic rings. The Balaban J connectivity index is 1.21. The molecule has 0 radical (unpaired) electrons. The number of carbonyl (C=O) groups excluding carboxylic acids is 2. The Labute approximate surface area is 293 Å². The first-order valence-electron chi connectivity index (χ1n) is 17.2. The SMILES string of the molecule is COCOC[C@H]1NCCC(c2ccc(OCCOc3c(C)cccc3C)cc2)=C1C(=O)N(Cc1cc(NC(=O)C2CC2)ccc1Cl)C1CC1. The van der Waals surface area contributed by atoms with Crippen LogP contribution in [0.3, 0.4) is 0 Å². The van der Waals surface area contributed by atoms with Crippen LogP contribution in [0.25, 0.3) is 5.57 Å². The molecule has 2 aliphatic carbocycles. The van der Waals surface area contributed by atoms with Gasteiger partial charge >= 0.3 is 0 Å². The highest BCUT2D eigenvalue weighted by Gasteiger charge is 2.39. The Morgan fingerprint density at radius 1 is 0.959 bits per heavy atom. The highest BCUT2D eigenvalue weighted by atomic mass is 35.5. The molecule has 2 saturated carbocycles. The number of anilines is 1. The largest absolute Gasteiger partial charge is 0.490 e. The van der Waals surface area contributed by atoms with Crippen LogP contribution >= 0.6 is 11.6 Å². The molecule has 0 unspecified atom stereocenters. The Morgan fingerprint density at radius 3 is 2.39 bits per heavy atom. The molecule has 260 valence electrons. The summed E-state index contributed by atoms with van der Waals surface area (Å²) in [6.07, 6.45) is 4.41. The molecule has 0 bridgehead atoms. The zero-order valence-corrected chi connectivity index (χ0v) is 29.3. The lowest BCUT2D eigenvalue weighted by Gasteiger charge is -2.33. The van der Waals surface area contributed by atoms with Crippen molar-refractivity contribution in [1.82, 2.24) is 10.2 Å². The summed E-state index contributed by atoms with van der Waals surface area (Å²) in [5, 5.41) is 7.09. The van der Waals surface area contributed by atoms with Crippen molar-refractivity contribution in [3.05, 3.63) is 93.5 Å². The molecule has 1 aliphatic heterocycles. The van der Waals surface area contributed by atoms with Crippen LogP contribution in [0.5, 0.6) is 11.5 Å². The van der Waals surface area contributed by atoms with Crippen molar-refractivity contribution in [2.45, 2.75) is 64.6 Å². The maximum absolute atomic E-state index is 14.7. The second-order valence-corrected chi connectivity index (χ2v) is 13.5. The van der Waals surface area contributed by atoms with E-state index < -0.39 is 0 Å². The smallest absolute Gasteiger partial charge is 0.252 e. The number of nitrogens with zero attached hydrogens (tertiary/aromatic N) is 1. The molecule has 49 heavy (non-hydrogen) atoms. The first kappa shape index (κ1) is 35.0. The van der Waals surface area contributed by atoms with Gasteiger partial charge in [0, 0.05) is 41.9 Å². The minimum Gasteiger partial charge on any atom is -0.490 e. The van der Waals surface area contributed by atoms with Crippen molar-refractivity contribution in [1.29, 1.82) is 0 Å². The van der Waals surface area contributed by atoms with Gasteiger partial charge in [-0.25, -0.2) is 0 Å². The lowest BCUT2D eigenvalue weighted by molar-refractivity contribution is -0.129. The number of para-hydroxylation sites is 1. The first-order chi connectivity index (χ1) is 23.8. The van der Waals surface area contributed by atoms with E-state index in [0.29, 0.717) is 55.6 Å². The third-order valence-corrected chi connectivity index (χ3v) is 9.58. The monoisotopic (exact) mass is 687 g/mol. The molecule has 1 atom stereocenters. The summed E-state index contributed by atoms with van der Waals surface area (Å²) in [6, 6.07) is 19.3. The molecule has 0 saturated heterocycles. The van der Waals surface area contributed by atoms with Crippen molar-refractivity contribution < 1.29 is 28.5 Å². The lowest BCUT2D eigenvalue weighted by Crippen LogP contribution is -2.47. The molecular formula is C39H46ClN3O6. The molecule has 0 spiro atoms. The quantitative estimate of drug-likeness (QED) is 0.128. The van der Waals surface area contributed by atoms with E-state index in [-0.39, 0.29) is 36.6 Å². The summed E-state index contributed by atoms with van der Waals surface area (Å²) in [7, 11) is 1.58. The first-order valence-corrected chi connectivity index (χ1v) is 17.6. The zero-order chi connectivity index (χ0) is 34.3. The number of aryl methyl sites for hydroxylation is 2. The number of methoxy groups -OCH3 is 1. The number of amides is 2. The van der Waals surface area contributed by atoms with Crippen LogP contribution < -0.4 is 20.1 Å². The molecule has 1 heterocycles. The van der Waals surface area contributed by atoms with Gasteiger partial charge in [-0.05, 0) is 111 Å². The number of ether oxygens (including phenoxy) is 4. The Bertz CT molecular complexity index is 1650. The fourth-order valence-electron chi connectivity index (χ4n) is 6.33. The zero-order valence-electron chi connectivity index (χ0n) is 28.6. The van der Waals surface area contributed by atoms with Gasteiger partial charge in [-0.3, -0.25) is 9.59 Å². The number of hydrogen-bond acceptors (Lipinski definition) is 7. The maximum atomic E-state index is 14.7. The van der Waals surface area contributed by atoms with E-state index in [9.17, 15) is 9.59 Å². The second-order valence-electron chi connectivity index (χ2n) is 13.1. The average Bonchev–Trinajstić information content (AvgIpc) is 4.02. The van der Waals surface area contributed by atoms with Crippen LogP contribution in [0.4, 0.5) is 5.69 Å². The maximum Gasteiger partial charge on any atom is 0.252 e. The number of hydrogen-bond donors (Lipinski definition) is 2. The second kappa shape index (κ2) is 16.2. The van der Waals surface area contributed by atoms with E-state index in [1.165, 1.54) is 0 Å². The van der Waals surface area contributed by atoms with Gasteiger partial charge in [0.05, 0.1) is 12.6 Å².